The molecule has 1 saturated heterocycles. The van der Waals surface area contributed by atoms with Crippen LogP contribution in [0.5, 0.6) is 0 Å². The van der Waals surface area contributed by atoms with Crippen molar-refractivity contribution < 1.29 is 9.53 Å². The lowest BCUT2D eigenvalue weighted by atomic mass is 9.69. The normalized spacial score (nSPS) is 23.6. The van der Waals surface area contributed by atoms with Gasteiger partial charge in [-0.1, -0.05) is 6.42 Å². The molecule has 0 N–H and O–H groups in total. The smallest absolute Gasteiger partial charge is 0.409 e. The first-order chi connectivity index (χ1) is 7.26. The minimum absolute atomic E-state index is 0.152. The monoisotopic (exact) mass is 208 g/mol. The highest BCUT2D eigenvalue weighted by molar-refractivity contribution is 5.68. The molecule has 0 aromatic rings. The van der Waals surface area contributed by atoms with Crippen LogP contribution in [-0.2, 0) is 4.74 Å². The van der Waals surface area contributed by atoms with Crippen molar-refractivity contribution in [2.45, 2.75) is 19.3 Å². The second-order valence-electron chi connectivity index (χ2n) is 4.48. The van der Waals surface area contributed by atoms with Crippen LogP contribution in [-0.4, -0.2) is 31.2 Å². The van der Waals surface area contributed by atoms with E-state index in [1.165, 1.54) is 26.4 Å². The predicted molar refractivity (Wildman–Crippen MR) is 53.9 cm³/mol. The fourth-order valence-electron chi connectivity index (χ4n) is 2.41. The zero-order valence-corrected chi connectivity index (χ0v) is 8.98. The third kappa shape index (κ3) is 1.79. The second-order valence-corrected chi connectivity index (χ2v) is 4.48. The highest BCUT2D eigenvalue weighted by Gasteiger charge is 2.41. The Hall–Kier alpha value is -1.24. The maximum atomic E-state index is 11.1. The number of amides is 1. The SMILES string of the molecule is COC(=O)N1CC(C(C#N)C2CCC2)C1. The summed E-state index contributed by atoms with van der Waals surface area (Å²) in [5.41, 5.74) is 0. The van der Waals surface area contributed by atoms with Crippen LogP contribution >= 0.6 is 0 Å². The van der Waals surface area contributed by atoms with E-state index < -0.39 is 0 Å². The van der Waals surface area contributed by atoms with Crippen LogP contribution in [0.25, 0.3) is 0 Å². The Morgan fingerprint density at radius 3 is 2.53 bits per heavy atom. The Kier molecular flexibility index (Phi) is 2.81. The van der Waals surface area contributed by atoms with Gasteiger partial charge < -0.3 is 9.64 Å². The molecule has 15 heavy (non-hydrogen) atoms. The zero-order chi connectivity index (χ0) is 10.8. The molecule has 82 valence electrons. The maximum absolute atomic E-state index is 11.1. The number of rotatable bonds is 2. The van der Waals surface area contributed by atoms with Gasteiger partial charge in [0.15, 0.2) is 0 Å². The minimum atomic E-state index is -0.267. The molecular formula is C11H16N2O2. The summed E-state index contributed by atoms with van der Waals surface area (Å²) < 4.78 is 4.62. The van der Waals surface area contributed by atoms with Gasteiger partial charge in [0.25, 0.3) is 0 Å². The van der Waals surface area contributed by atoms with Crippen molar-refractivity contribution in [2.24, 2.45) is 17.8 Å². The van der Waals surface area contributed by atoms with Gasteiger partial charge in [-0.3, -0.25) is 0 Å². The first-order valence-electron chi connectivity index (χ1n) is 5.48. The van der Waals surface area contributed by atoms with E-state index in [9.17, 15) is 4.79 Å². The van der Waals surface area contributed by atoms with Gasteiger partial charge in [-0.2, -0.15) is 5.26 Å². The maximum Gasteiger partial charge on any atom is 0.409 e. The average Bonchev–Trinajstić information content (AvgIpc) is 2.10. The lowest BCUT2D eigenvalue weighted by molar-refractivity contribution is 0.0321. The number of nitriles is 1. The molecule has 1 aliphatic heterocycles. The Morgan fingerprint density at radius 2 is 2.13 bits per heavy atom. The van der Waals surface area contributed by atoms with Crippen LogP contribution in [0.15, 0.2) is 0 Å². The first kappa shape index (κ1) is 10.3. The van der Waals surface area contributed by atoms with Crippen molar-refractivity contribution in [1.29, 1.82) is 5.26 Å². The van der Waals surface area contributed by atoms with E-state index in [-0.39, 0.29) is 12.0 Å². The largest absolute Gasteiger partial charge is 0.453 e. The number of likely N-dealkylation sites (tertiary alicyclic amines) is 1. The van der Waals surface area contributed by atoms with Crippen molar-refractivity contribution in [2.75, 3.05) is 20.2 Å². The Morgan fingerprint density at radius 1 is 1.47 bits per heavy atom. The summed E-state index contributed by atoms with van der Waals surface area (Å²) >= 11 is 0. The van der Waals surface area contributed by atoms with Gasteiger partial charge in [0, 0.05) is 19.0 Å². The number of ether oxygens (including phenoxy) is 1. The topological polar surface area (TPSA) is 53.3 Å². The molecule has 2 rings (SSSR count). The van der Waals surface area contributed by atoms with Gasteiger partial charge in [0.05, 0.1) is 19.1 Å². The van der Waals surface area contributed by atoms with Crippen LogP contribution in [0.1, 0.15) is 19.3 Å². The summed E-state index contributed by atoms with van der Waals surface area (Å²) in [4.78, 5) is 12.8. The number of nitrogens with zero attached hydrogens (tertiary/aromatic N) is 2. The first-order valence-corrected chi connectivity index (χ1v) is 5.48. The summed E-state index contributed by atoms with van der Waals surface area (Å²) in [6.45, 7) is 1.39. The number of hydrogen-bond acceptors (Lipinski definition) is 3. The molecule has 4 nitrogen and oxygen atoms in total. The average molecular weight is 208 g/mol. The molecule has 0 aromatic carbocycles. The van der Waals surface area contributed by atoms with Crippen molar-refractivity contribution in [3.63, 3.8) is 0 Å². The van der Waals surface area contributed by atoms with Gasteiger partial charge in [-0.25, -0.2) is 4.79 Å². The molecule has 2 aliphatic rings. The van der Waals surface area contributed by atoms with Crippen molar-refractivity contribution in [3.05, 3.63) is 0 Å². The van der Waals surface area contributed by atoms with E-state index >= 15 is 0 Å². The summed E-state index contributed by atoms with van der Waals surface area (Å²) in [5, 5.41) is 9.09. The fraction of sp³-hybridized carbons (Fsp3) is 0.818. The van der Waals surface area contributed by atoms with Gasteiger partial charge >= 0.3 is 6.09 Å². The lowest BCUT2D eigenvalue weighted by Crippen LogP contribution is -2.54. The van der Waals surface area contributed by atoms with E-state index in [2.05, 4.69) is 10.8 Å². The number of hydrogen-bond donors (Lipinski definition) is 0. The third-order valence-electron chi connectivity index (χ3n) is 3.66. The molecule has 2 fully saturated rings. The van der Waals surface area contributed by atoms with E-state index in [0.717, 1.165) is 0 Å². The van der Waals surface area contributed by atoms with Gasteiger partial charge in [0.2, 0.25) is 0 Å². The Bertz CT molecular complexity index is 287. The standard InChI is InChI=1S/C11H16N2O2/c1-15-11(14)13-6-9(7-13)10(5-12)8-3-2-4-8/h8-10H,2-4,6-7H2,1H3. The molecule has 1 unspecified atom stereocenters. The molecule has 1 heterocycles. The predicted octanol–water partition coefficient (Wildman–Crippen LogP) is 1.62. The van der Waals surface area contributed by atoms with Crippen LogP contribution < -0.4 is 0 Å². The molecule has 0 spiro atoms. The summed E-state index contributed by atoms with van der Waals surface area (Å²) in [7, 11) is 1.39. The van der Waals surface area contributed by atoms with Crippen molar-refractivity contribution >= 4 is 6.09 Å². The summed E-state index contributed by atoms with van der Waals surface area (Å²) in [6.07, 6.45) is 3.37. The van der Waals surface area contributed by atoms with Crippen LogP contribution in [0.4, 0.5) is 4.79 Å². The molecule has 1 aliphatic carbocycles. The van der Waals surface area contributed by atoms with E-state index in [0.29, 0.717) is 24.9 Å². The molecule has 4 heteroatoms. The van der Waals surface area contributed by atoms with Crippen LogP contribution in [0, 0.1) is 29.1 Å². The van der Waals surface area contributed by atoms with E-state index in [1.807, 2.05) is 0 Å². The Labute approximate surface area is 89.8 Å². The highest BCUT2D eigenvalue weighted by atomic mass is 16.5. The molecule has 0 bridgehead atoms. The highest BCUT2D eigenvalue weighted by Crippen LogP contribution is 2.39. The fourth-order valence-corrected chi connectivity index (χ4v) is 2.41. The van der Waals surface area contributed by atoms with Crippen molar-refractivity contribution in [3.8, 4) is 6.07 Å². The second kappa shape index (κ2) is 4.09. The van der Waals surface area contributed by atoms with Crippen LogP contribution in [0.2, 0.25) is 0 Å². The van der Waals surface area contributed by atoms with Crippen molar-refractivity contribution in [1.82, 2.24) is 4.90 Å². The zero-order valence-electron chi connectivity index (χ0n) is 8.98. The number of carbonyl (C=O) groups excluding carboxylic acids is 1. The van der Waals surface area contributed by atoms with E-state index in [4.69, 9.17) is 5.26 Å². The van der Waals surface area contributed by atoms with Gasteiger partial charge in [0.1, 0.15) is 0 Å². The summed E-state index contributed by atoms with van der Waals surface area (Å²) in [5.74, 6) is 1.11. The quantitative estimate of drug-likeness (QED) is 0.693. The Balaban J connectivity index is 1.82. The molecule has 0 aromatic heterocycles. The van der Waals surface area contributed by atoms with Gasteiger partial charge in [-0.15, -0.1) is 0 Å². The molecule has 1 atom stereocenters. The van der Waals surface area contributed by atoms with Gasteiger partial charge in [-0.05, 0) is 18.8 Å². The molecular weight excluding hydrogens is 192 g/mol. The molecule has 1 saturated carbocycles. The molecule has 0 radical (unpaired) electrons. The third-order valence-corrected chi connectivity index (χ3v) is 3.66. The lowest BCUT2D eigenvalue weighted by Gasteiger charge is -2.44. The number of carbonyl (C=O) groups is 1. The minimum Gasteiger partial charge on any atom is -0.453 e. The summed E-state index contributed by atoms with van der Waals surface area (Å²) in [6, 6.07) is 2.40. The number of methoxy groups -OCH3 is 1. The van der Waals surface area contributed by atoms with Crippen LogP contribution in [0.3, 0.4) is 0 Å². The van der Waals surface area contributed by atoms with E-state index in [1.54, 1.807) is 4.90 Å². The molecule has 1 amide bonds.